The lowest BCUT2D eigenvalue weighted by molar-refractivity contribution is 0.452. The molecular formula is C12H11Cl2N3O. The Morgan fingerprint density at radius 2 is 2.17 bits per heavy atom. The van der Waals surface area contributed by atoms with E-state index in [-0.39, 0.29) is 0 Å². The van der Waals surface area contributed by atoms with Crippen LogP contribution in [0.1, 0.15) is 5.56 Å². The Morgan fingerprint density at radius 3 is 2.89 bits per heavy atom. The van der Waals surface area contributed by atoms with Crippen molar-refractivity contribution in [1.82, 2.24) is 15.3 Å². The number of aromatic nitrogens is 2. The fraction of sp³-hybridized carbons (Fsp3) is 0.167. The van der Waals surface area contributed by atoms with Crippen LogP contribution in [0.2, 0.25) is 10.0 Å². The van der Waals surface area contributed by atoms with Crippen molar-refractivity contribution in [3.8, 4) is 11.6 Å². The fourth-order valence-corrected chi connectivity index (χ4v) is 1.86. The van der Waals surface area contributed by atoms with E-state index in [0.29, 0.717) is 28.2 Å². The highest BCUT2D eigenvalue weighted by Gasteiger charge is 2.09. The summed E-state index contributed by atoms with van der Waals surface area (Å²) in [6.07, 6.45) is 3.13. The average molecular weight is 284 g/mol. The van der Waals surface area contributed by atoms with Crippen molar-refractivity contribution < 1.29 is 4.74 Å². The first-order valence-electron chi connectivity index (χ1n) is 5.27. The van der Waals surface area contributed by atoms with E-state index in [1.165, 1.54) is 6.33 Å². The number of ether oxygens (including phenoxy) is 1. The monoisotopic (exact) mass is 283 g/mol. The van der Waals surface area contributed by atoms with Crippen molar-refractivity contribution in [2.45, 2.75) is 6.54 Å². The Morgan fingerprint density at radius 1 is 1.33 bits per heavy atom. The van der Waals surface area contributed by atoms with E-state index < -0.39 is 0 Å². The van der Waals surface area contributed by atoms with Gasteiger partial charge in [0.25, 0.3) is 0 Å². The van der Waals surface area contributed by atoms with Gasteiger partial charge >= 0.3 is 0 Å². The maximum absolute atomic E-state index is 6.04. The molecule has 94 valence electrons. The lowest BCUT2D eigenvalue weighted by Crippen LogP contribution is -2.07. The smallest absolute Gasteiger partial charge is 0.226 e. The molecule has 1 aromatic heterocycles. The second-order valence-corrected chi connectivity index (χ2v) is 4.40. The first kappa shape index (κ1) is 13.1. The molecule has 0 fully saturated rings. The molecule has 18 heavy (non-hydrogen) atoms. The second kappa shape index (κ2) is 6.00. The molecule has 2 aromatic rings. The van der Waals surface area contributed by atoms with Crippen molar-refractivity contribution in [2.75, 3.05) is 7.05 Å². The summed E-state index contributed by atoms with van der Waals surface area (Å²) in [6.45, 7) is 0.612. The highest BCUT2D eigenvalue weighted by atomic mass is 35.5. The highest BCUT2D eigenvalue weighted by Crippen LogP contribution is 2.31. The zero-order chi connectivity index (χ0) is 13.0. The van der Waals surface area contributed by atoms with Gasteiger partial charge in [0.1, 0.15) is 12.1 Å². The number of rotatable bonds is 4. The van der Waals surface area contributed by atoms with E-state index in [2.05, 4.69) is 15.3 Å². The summed E-state index contributed by atoms with van der Waals surface area (Å²) in [5.41, 5.74) is 0.853. The van der Waals surface area contributed by atoms with Crippen LogP contribution in [0, 0.1) is 0 Å². The largest absolute Gasteiger partial charge is 0.437 e. The molecule has 0 atom stereocenters. The van der Waals surface area contributed by atoms with Crippen molar-refractivity contribution in [3.05, 3.63) is 46.3 Å². The van der Waals surface area contributed by atoms with Gasteiger partial charge in [0.15, 0.2) is 0 Å². The number of nitrogens with zero attached hydrogens (tertiary/aromatic N) is 2. The standard InChI is InChI=1S/C12H11Cl2N3O/c1-15-5-8-6-16-7-17-12(8)18-11-3-2-9(13)4-10(11)14/h2-4,6-7,15H,5H2,1H3. The predicted molar refractivity (Wildman–Crippen MR) is 71.3 cm³/mol. The van der Waals surface area contributed by atoms with E-state index in [4.69, 9.17) is 27.9 Å². The summed E-state index contributed by atoms with van der Waals surface area (Å²) in [4.78, 5) is 8.05. The molecule has 0 saturated heterocycles. The summed E-state index contributed by atoms with van der Waals surface area (Å²) >= 11 is 11.9. The molecule has 0 spiro atoms. The van der Waals surface area contributed by atoms with E-state index in [1.807, 2.05) is 7.05 Å². The molecule has 1 N–H and O–H groups in total. The number of nitrogens with one attached hydrogen (secondary N) is 1. The Labute approximate surface area is 115 Å². The lowest BCUT2D eigenvalue weighted by atomic mass is 10.3. The normalized spacial score (nSPS) is 10.4. The number of hydrogen-bond acceptors (Lipinski definition) is 4. The van der Waals surface area contributed by atoms with Gasteiger partial charge in [-0.05, 0) is 25.2 Å². The molecule has 1 heterocycles. The second-order valence-electron chi connectivity index (χ2n) is 3.56. The number of hydrogen-bond donors (Lipinski definition) is 1. The molecule has 1 aromatic carbocycles. The molecule has 0 aliphatic rings. The van der Waals surface area contributed by atoms with Gasteiger partial charge in [-0.25, -0.2) is 9.97 Å². The molecule has 0 unspecified atom stereocenters. The summed E-state index contributed by atoms with van der Waals surface area (Å²) in [5, 5.41) is 4.02. The Bertz CT molecular complexity index is 549. The van der Waals surface area contributed by atoms with Crippen LogP contribution in [-0.2, 0) is 6.54 Å². The van der Waals surface area contributed by atoms with Crippen LogP contribution < -0.4 is 10.1 Å². The third kappa shape index (κ3) is 3.10. The topological polar surface area (TPSA) is 47.0 Å². The Hall–Kier alpha value is -1.36. The zero-order valence-electron chi connectivity index (χ0n) is 9.65. The molecule has 0 aliphatic heterocycles. The zero-order valence-corrected chi connectivity index (χ0v) is 11.2. The van der Waals surface area contributed by atoms with Gasteiger partial charge in [0, 0.05) is 23.3 Å². The molecule has 4 nitrogen and oxygen atoms in total. The third-order valence-corrected chi connectivity index (χ3v) is 2.74. The van der Waals surface area contributed by atoms with Crippen LogP contribution in [-0.4, -0.2) is 17.0 Å². The van der Waals surface area contributed by atoms with Crippen LogP contribution in [0.4, 0.5) is 0 Å². The van der Waals surface area contributed by atoms with E-state index >= 15 is 0 Å². The van der Waals surface area contributed by atoms with Gasteiger partial charge in [-0.1, -0.05) is 23.2 Å². The SMILES string of the molecule is CNCc1cncnc1Oc1ccc(Cl)cc1Cl. The van der Waals surface area contributed by atoms with E-state index in [9.17, 15) is 0 Å². The fourth-order valence-electron chi connectivity index (χ4n) is 1.41. The van der Waals surface area contributed by atoms with Gasteiger partial charge in [-0.15, -0.1) is 0 Å². The molecule has 6 heteroatoms. The summed E-state index contributed by atoms with van der Waals surface area (Å²) in [5.74, 6) is 0.987. The first-order chi connectivity index (χ1) is 8.70. The highest BCUT2D eigenvalue weighted by molar-refractivity contribution is 6.35. The molecule has 0 amide bonds. The summed E-state index contributed by atoms with van der Waals surface area (Å²) in [6, 6.07) is 5.04. The number of halogens is 2. The Kier molecular flexibility index (Phi) is 4.36. The van der Waals surface area contributed by atoms with E-state index in [0.717, 1.165) is 5.56 Å². The average Bonchev–Trinajstić information content (AvgIpc) is 2.35. The van der Waals surface area contributed by atoms with Gasteiger partial charge in [-0.2, -0.15) is 0 Å². The molecule has 0 bridgehead atoms. The third-order valence-electron chi connectivity index (χ3n) is 2.21. The predicted octanol–water partition coefficient (Wildman–Crippen LogP) is 3.30. The van der Waals surface area contributed by atoms with Gasteiger partial charge in [-0.3, -0.25) is 0 Å². The van der Waals surface area contributed by atoms with Crippen molar-refractivity contribution in [1.29, 1.82) is 0 Å². The van der Waals surface area contributed by atoms with Crippen LogP contribution >= 0.6 is 23.2 Å². The van der Waals surface area contributed by atoms with Crippen LogP contribution in [0.15, 0.2) is 30.7 Å². The van der Waals surface area contributed by atoms with Crippen LogP contribution in [0.3, 0.4) is 0 Å². The quantitative estimate of drug-likeness (QED) is 0.935. The maximum atomic E-state index is 6.04. The van der Waals surface area contributed by atoms with Crippen LogP contribution in [0.25, 0.3) is 0 Å². The van der Waals surface area contributed by atoms with Gasteiger partial charge in [0.2, 0.25) is 5.88 Å². The first-order valence-corrected chi connectivity index (χ1v) is 6.02. The minimum Gasteiger partial charge on any atom is -0.437 e. The van der Waals surface area contributed by atoms with E-state index in [1.54, 1.807) is 24.4 Å². The van der Waals surface area contributed by atoms with Crippen molar-refractivity contribution in [2.24, 2.45) is 0 Å². The minimum absolute atomic E-state index is 0.441. The van der Waals surface area contributed by atoms with Gasteiger partial charge < -0.3 is 10.1 Å². The molecule has 0 saturated carbocycles. The lowest BCUT2D eigenvalue weighted by Gasteiger charge is -2.10. The molecule has 0 aliphatic carbocycles. The van der Waals surface area contributed by atoms with Crippen LogP contribution in [0.5, 0.6) is 11.6 Å². The molecular weight excluding hydrogens is 273 g/mol. The van der Waals surface area contributed by atoms with Gasteiger partial charge in [0.05, 0.1) is 5.02 Å². The summed E-state index contributed by atoms with van der Waals surface area (Å²) < 4.78 is 5.67. The van der Waals surface area contributed by atoms with Crippen molar-refractivity contribution >= 4 is 23.2 Å². The Balaban J connectivity index is 2.28. The number of benzene rings is 1. The summed E-state index contributed by atoms with van der Waals surface area (Å²) in [7, 11) is 1.84. The molecule has 0 radical (unpaired) electrons. The van der Waals surface area contributed by atoms with Crippen molar-refractivity contribution in [3.63, 3.8) is 0 Å². The minimum atomic E-state index is 0.441. The molecule has 2 rings (SSSR count). The maximum Gasteiger partial charge on any atom is 0.226 e.